The number of carbonyl (C=O) groups is 1. The third-order valence-electron chi connectivity index (χ3n) is 6.57. The Morgan fingerprint density at radius 1 is 1.16 bits per heavy atom. The minimum atomic E-state index is -0.383. The second-order valence-electron chi connectivity index (χ2n) is 8.79. The zero-order valence-corrected chi connectivity index (χ0v) is 17.2. The van der Waals surface area contributed by atoms with Crippen molar-refractivity contribution < 1.29 is 14.1 Å². The molecular formula is C23H25FN4O3. The molecule has 0 spiro atoms. The second kappa shape index (κ2) is 7.92. The molecule has 2 aromatic carbocycles. The molecule has 2 fully saturated rings. The van der Waals surface area contributed by atoms with Crippen molar-refractivity contribution in [3.63, 3.8) is 0 Å². The predicted octanol–water partition coefficient (Wildman–Crippen LogP) is 2.88. The Kier molecular flexibility index (Phi) is 5.09. The van der Waals surface area contributed by atoms with Gasteiger partial charge in [0.15, 0.2) is 0 Å². The Morgan fingerprint density at radius 3 is 2.65 bits per heavy atom. The number of non-ortho nitro benzene ring substituents is 1. The molecule has 1 amide bonds. The van der Waals surface area contributed by atoms with Crippen LogP contribution in [0.25, 0.3) is 0 Å². The maximum Gasteiger partial charge on any atom is 0.269 e. The van der Waals surface area contributed by atoms with E-state index >= 15 is 0 Å². The Balaban J connectivity index is 1.41. The number of nitrogens with one attached hydrogen (secondary N) is 1. The van der Waals surface area contributed by atoms with Gasteiger partial charge in [-0.25, -0.2) is 4.39 Å². The fourth-order valence-corrected chi connectivity index (χ4v) is 4.81. The Labute approximate surface area is 180 Å². The van der Waals surface area contributed by atoms with Crippen LogP contribution in [0.4, 0.5) is 15.8 Å². The molecule has 7 nitrogen and oxygen atoms in total. The first kappa shape index (κ1) is 19.9. The van der Waals surface area contributed by atoms with Crippen LogP contribution in [0.15, 0.2) is 42.5 Å². The maximum absolute atomic E-state index is 13.2. The summed E-state index contributed by atoms with van der Waals surface area (Å²) in [4.78, 5) is 28.5. The van der Waals surface area contributed by atoms with Gasteiger partial charge in [-0.2, -0.15) is 0 Å². The highest BCUT2D eigenvalue weighted by Crippen LogP contribution is 2.38. The largest absolute Gasteiger partial charge is 0.365 e. The number of fused-ring (bicyclic) bond motifs is 3. The fourth-order valence-electron chi connectivity index (χ4n) is 4.81. The van der Waals surface area contributed by atoms with Crippen molar-refractivity contribution in [1.29, 1.82) is 0 Å². The van der Waals surface area contributed by atoms with E-state index in [1.54, 1.807) is 24.3 Å². The lowest BCUT2D eigenvalue weighted by Crippen LogP contribution is -2.61. The highest BCUT2D eigenvalue weighted by atomic mass is 19.1. The normalized spacial score (nSPS) is 23.1. The number of nitrogens with zero attached hydrogens (tertiary/aromatic N) is 3. The van der Waals surface area contributed by atoms with E-state index in [0.29, 0.717) is 13.0 Å². The van der Waals surface area contributed by atoms with E-state index < -0.39 is 0 Å². The highest BCUT2D eigenvalue weighted by Gasteiger charge is 2.43. The summed E-state index contributed by atoms with van der Waals surface area (Å²) in [6.07, 6.45) is 2.54. The molecule has 1 N–H and O–H groups in total. The van der Waals surface area contributed by atoms with E-state index in [1.165, 1.54) is 12.1 Å². The molecule has 2 aromatic rings. The average Bonchev–Trinajstić information content (AvgIpc) is 3.58. The first-order valence-electron chi connectivity index (χ1n) is 10.8. The summed E-state index contributed by atoms with van der Waals surface area (Å²) in [7, 11) is 0. The van der Waals surface area contributed by atoms with Crippen LogP contribution in [-0.4, -0.2) is 47.4 Å². The molecule has 2 heterocycles. The summed E-state index contributed by atoms with van der Waals surface area (Å²) < 4.78 is 13.2. The van der Waals surface area contributed by atoms with Crippen LogP contribution >= 0.6 is 0 Å². The number of amides is 1. The minimum absolute atomic E-state index is 0.00176. The lowest BCUT2D eigenvalue weighted by molar-refractivity contribution is -0.384. The van der Waals surface area contributed by atoms with Crippen molar-refractivity contribution in [2.75, 3.05) is 24.5 Å². The standard InChI is InChI=1S/C23H25FN4O3/c24-17-3-1-15(2-4-17)13-26-9-10-27-21-8-7-19(28(30)31)11-16(21)12-20(22(27)14-26)23(29)25-18-5-6-18/h1-4,7-8,11,18,20,22H,5-6,9-10,12-14H2,(H,25,29). The van der Waals surface area contributed by atoms with E-state index in [4.69, 9.17) is 0 Å². The van der Waals surface area contributed by atoms with Crippen molar-refractivity contribution in [2.24, 2.45) is 5.92 Å². The Bertz CT molecular complexity index is 1010. The monoisotopic (exact) mass is 424 g/mol. The summed E-state index contributed by atoms with van der Waals surface area (Å²) in [5.41, 5.74) is 2.97. The molecule has 31 heavy (non-hydrogen) atoms. The number of carbonyl (C=O) groups excluding carboxylic acids is 1. The summed E-state index contributed by atoms with van der Waals surface area (Å²) in [5, 5.41) is 14.4. The van der Waals surface area contributed by atoms with Gasteiger partial charge in [0.2, 0.25) is 5.91 Å². The van der Waals surface area contributed by atoms with Gasteiger partial charge in [0.25, 0.3) is 5.69 Å². The number of hydrogen-bond acceptors (Lipinski definition) is 5. The Morgan fingerprint density at radius 2 is 1.94 bits per heavy atom. The van der Waals surface area contributed by atoms with Gasteiger partial charge in [-0.15, -0.1) is 0 Å². The Hall–Kier alpha value is -3.00. The van der Waals surface area contributed by atoms with Crippen LogP contribution in [-0.2, 0) is 17.8 Å². The minimum Gasteiger partial charge on any atom is -0.365 e. The van der Waals surface area contributed by atoms with Crippen molar-refractivity contribution in [3.8, 4) is 0 Å². The molecule has 3 aliphatic rings. The van der Waals surface area contributed by atoms with Gasteiger partial charge >= 0.3 is 0 Å². The van der Waals surface area contributed by atoms with Crippen LogP contribution in [0, 0.1) is 21.8 Å². The molecule has 1 aliphatic carbocycles. The molecule has 0 bridgehead atoms. The molecule has 2 unspecified atom stereocenters. The van der Waals surface area contributed by atoms with Crippen LogP contribution < -0.4 is 10.2 Å². The van der Waals surface area contributed by atoms with Gasteiger partial charge in [0.1, 0.15) is 5.82 Å². The predicted molar refractivity (Wildman–Crippen MR) is 114 cm³/mol. The van der Waals surface area contributed by atoms with Crippen LogP contribution in [0.5, 0.6) is 0 Å². The van der Waals surface area contributed by atoms with Gasteiger partial charge in [-0.05, 0) is 48.6 Å². The van der Waals surface area contributed by atoms with Crippen molar-refractivity contribution >= 4 is 17.3 Å². The zero-order chi connectivity index (χ0) is 21.5. The molecule has 2 atom stereocenters. The molecule has 8 heteroatoms. The molecular weight excluding hydrogens is 399 g/mol. The third kappa shape index (κ3) is 4.12. The summed E-state index contributed by atoms with van der Waals surface area (Å²) in [6.45, 7) is 2.97. The van der Waals surface area contributed by atoms with Gasteiger partial charge in [-0.3, -0.25) is 19.8 Å². The van der Waals surface area contributed by atoms with Gasteiger partial charge in [-0.1, -0.05) is 12.1 Å². The molecule has 1 saturated heterocycles. The molecule has 1 saturated carbocycles. The topological polar surface area (TPSA) is 78.7 Å². The molecule has 5 rings (SSSR count). The fraction of sp³-hybridized carbons (Fsp3) is 0.435. The number of nitro groups is 1. The molecule has 2 aliphatic heterocycles. The number of piperazine rings is 1. The number of hydrogen-bond donors (Lipinski definition) is 1. The molecule has 162 valence electrons. The highest BCUT2D eigenvalue weighted by molar-refractivity contribution is 5.82. The molecule has 0 aromatic heterocycles. The van der Waals surface area contributed by atoms with Crippen molar-refractivity contribution in [2.45, 2.75) is 37.9 Å². The van der Waals surface area contributed by atoms with Gasteiger partial charge in [0, 0.05) is 50.0 Å². The zero-order valence-electron chi connectivity index (χ0n) is 17.2. The van der Waals surface area contributed by atoms with E-state index in [1.807, 2.05) is 6.07 Å². The number of halogens is 1. The lowest BCUT2D eigenvalue weighted by atomic mass is 9.83. The SMILES string of the molecule is O=C(NC1CC1)C1Cc2cc([N+](=O)[O-])ccc2N2CCN(Cc3ccc(F)cc3)CC12. The van der Waals surface area contributed by atoms with E-state index in [-0.39, 0.29) is 40.3 Å². The van der Waals surface area contributed by atoms with Crippen molar-refractivity contribution in [1.82, 2.24) is 10.2 Å². The number of benzene rings is 2. The van der Waals surface area contributed by atoms with Gasteiger partial charge in [0.05, 0.1) is 16.9 Å². The smallest absolute Gasteiger partial charge is 0.269 e. The first-order chi connectivity index (χ1) is 15.0. The number of nitro benzene ring substituents is 1. The van der Waals surface area contributed by atoms with E-state index in [9.17, 15) is 19.3 Å². The molecule has 0 radical (unpaired) electrons. The third-order valence-corrected chi connectivity index (χ3v) is 6.57. The van der Waals surface area contributed by atoms with Crippen LogP contribution in [0.2, 0.25) is 0 Å². The second-order valence-corrected chi connectivity index (χ2v) is 8.79. The average molecular weight is 424 g/mol. The van der Waals surface area contributed by atoms with E-state index in [0.717, 1.165) is 49.3 Å². The van der Waals surface area contributed by atoms with Crippen molar-refractivity contribution in [3.05, 3.63) is 69.5 Å². The summed E-state index contributed by atoms with van der Waals surface area (Å²) in [6, 6.07) is 11.8. The van der Waals surface area contributed by atoms with Crippen LogP contribution in [0.1, 0.15) is 24.0 Å². The quantitative estimate of drug-likeness (QED) is 0.590. The van der Waals surface area contributed by atoms with E-state index in [2.05, 4.69) is 15.1 Å². The van der Waals surface area contributed by atoms with Gasteiger partial charge < -0.3 is 10.2 Å². The summed E-state index contributed by atoms with van der Waals surface area (Å²) >= 11 is 0. The van der Waals surface area contributed by atoms with Crippen LogP contribution in [0.3, 0.4) is 0 Å². The first-order valence-corrected chi connectivity index (χ1v) is 10.8. The maximum atomic E-state index is 13.2. The number of rotatable bonds is 5. The number of anilines is 1. The summed E-state index contributed by atoms with van der Waals surface area (Å²) in [5.74, 6) is -0.465. The lowest BCUT2D eigenvalue weighted by Gasteiger charge is -2.49.